The summed E-state index contributed by atoms with van der Waals surface area (Å²) in [6, 6.07) is 95.1. The van der Waals surface area contributed by atoms with Crippen molar-refractivity contribution in [2.24, 2.45) is 0 Å². The van der Waals surface area contributed by atoms with Gasteiger partial charge in [-0.3, -0.25) is 0 Å². The van der Waals surface area contributed by atoms with Crippen LogP contribution in [0.3, 0.4) is 0 Å². The normalized spacial score (nSPS) is 13.6. The van der Waals surface area contributed by atoms with Crippen LogP contribution in [-0.4, -0.2) is 0 Å². The lowest BCUT2D eigenvalue weighted by molar-refractivity contribution is 0.660. The molecule has 0 spiro atoms. The van der Waals surface area contributed by atoms with Gasteiger partial charge in [-0.25, -0.2) is 0 Å². The van der Waals surface area contributed by atoms with E-state index in [0.29, 0.717) is 0 Å². The summed E-state index contributed by atoms with van der Waals surface area (Å²) in [5.74, 6) is 0. The van der Waals surface area contributed by atoms with E-state index >= 15 is 0 Å². The SMILES string of the molecule is CC1(C)c2cc(-c3ccc(-c4ccc(-c5cccc(-c6cccc7ccccc67)c5)cc4)cc3)ccc2-c2ccc(-c3ccc4c(c3)C(C)(C)c3cc(-c5cccc(-c6cccc7ccccc67)c5)ccc3-4)cc21. The van der Waals surface area contributed by atoms with Gasteiger partial charge >= 0.3 is 0 Å². The molecular weight excluding hydrogens is 889 g/mol. The lowest BCUT2D eigenvalue weighted by Crippen LogP contribution is -2.15. The molecule has 14 rings (SSSR count). The Hall–Kier alpha value is -8.84. The molecule has 0 fully saturated rings. The molecule has 0 radical (unpaired) electrons. The Morgan fingerprint density at radius 2 is 0.446 bits per heavy atom. The second-order valence-electron chi connectivity index (χ2n) is 21.7. The first-order valence-corrected chi connectivity index (χ1v) is 26.1. The molecule has 0 aromatic heterocycles. The van der Waals surface area contributed by atoms with E-state index in [9.17, 15) is 0 Å². The number of hydrogen-bond acceptors (Lipinski definition) is 0. The standard InChI is InChI=1S/C74H54/c1-73(2)69-43-55(50-31-27-48(28-32-50)47-25-29-49(30-26-47)53-17-9-19-59(41-53)63-23-11-15-51-13-5-7-21-61(51)63)33-37-65(69)67-39-35-57(45-71(67)73)58-36-40-68-66-38-34-56(44-70(66)74(3,4)72(68)46-58)54-18-10-20-60(42-54)64-24-12-16-52-14-6-8-22-62(52)64/h5-46H,1-4H3. The lowest BCUT2D eigenvalue weighted by Gasteiger charge is -2.24. The maximum absolute atomic E-state index is 2.47. The maximum Gasteiger partial charge on any atom is 0.0159 e. The summed E-state index contributed by atoms with van der Waals surface area (Å²) in [5.41, 5.74) is 28.0. The van der Waals surface area contributed by atoms with Crippen LogP contribution in [0.4, 0.5) is 0 Å². The zero-order chi connectivity index (χ0) is 49.7. The maximum atomic E-state index is 2.47. The molecule has 350 valence electrons. The predicted molar refractivity (Wildman–Crippen MR) is 315 cm³/mol. The summed E-state index contributed by atoms with van der Waals surface area (Å²) in [6.07, 6.45) is 0. The third-order valence-corrected chi connectivity index (χ3v) is 16.7. The monoisotopic (exact) mass is 942 g/mol. The third-order valence-electron chi connectivity index (χ3n) is 16.7. The Morgan fingerprint density at radius 1 is 0.189 bits per heavy atom. The van der Waals surface area contributed by atoms with Gasteiger partial charge < -0.3 is 0 Å². The van der Waals surface area contributed by atoms with Gasteiger partial charge in [-0.05, 0) is 180 Å². The molecule has 0 nitrogen and oxygen atoms in total. The van der Waals surface area contributed by atoms with E-state index in [1.807, 2.05) is 0 Å². The molecule has 0 N–H and O–H groups in total. The van der Waals surface area contributed by atoms with Crippen molar-refractivity contribution in [1.29, 1.82) is 0 Å². The van der Waals surface area contributed by atoms with Crippen LogP contribution in [0.5, 0.6) is 0 Å². The van der Waals surface area contributed by atoms with Crippen LogP contribution in [0.1, 0.15) is 49.9 Å². The highest BCUT2D eigenvalue weighted by Gasteiger charge is 2.38. The predicted octanol–water partition coefficient (Wildman–Crippen LogP) is 20.3. The van der Waals surface area contributed by atoms with Crippen LogP contribution in [0.15, 0.2) is 255 Å². The van der Waals surface area contributed by atoms with Crippen molar-refractivity contribution in [2.45, 2.75) is 38.5 Å². The van der Waals surface area contributed by atoms with Gasteiger partial charge in [0.15, 0.2) is 0 Å². The molecule has 12 aromatic rings. The summed E-state index contributed by atoms with van der Waals surface area (Å²) < 4.78 is 0. The molecule has 2 aliphatic rings. The molecule has 0 saturated carbocycles. The van der Waals surface area contributed by atoms with Crippen molar-refractivity contribution < 1.29 is 0 Å². The number of benzene rings is 12. The first-order valence-electron chi connectivity index (χ1n) is 26.1. The second-order valence-corrected chi connectivity index (χ2v) is 21.7. The van der Waals surface area contributed by atoms with Crippen molar-refractivity contribution in [3.8, 4) is 100 Å². The number of hydrogen-bond donors (Lipinski definition) is 0. The summed E-state index contributed by atoms with van der Waals surface area (Å²) >= 11 is 0. The molecule has 0 heteroatoms. The molecule has 74 heavy (non-hydrogen) atoms. The fourth-order valence-electron chi connectivity index (χ4n) is 12.6. The van der Waals surface area contributed by atoms with Gasteiger partial charge in [0, 0.05) is 10.8 Å². The van der Waals surface area contributed by atoms with E-state index in [0.717, 1.165) is 0 Å². The zero-order valence-electron chi connectivity index (χ0n) is 42.2. The van der Waals surface area contributed by atoms with Gasteiger partial charge in [0.05, 0.1) is 0 Å². The average molecular weight is 943 g/mol. The van der Waals surface area contributed by atoms with Crippen LogP contribution in [0.2, 0.25) is 0 Å². The van der Waals surface area contributed by atoms with Crippen molar-refractivity contribution in [1.82, 2.24) is 0 Å². The molecule has 0 amide bonds. The topological polar surface area (TPSA) is 0 Å². The largest absolute Gasteiger partial charge is 0.0616 e. The number of fused-ring (bicyclic) bond motifs is 8. The Balaban J connectivity index is 0.702. The van der Waals surface area contributed by atoms with Crippen molar-refractivity contribution in [2.75, 3.05) is 0 Å². The minimum Gasteiger partial charge on any atom is -0.0616 e. The first-order chi connectivity index (χ1) is 36.2. The van der Waals surface area contributed by atoms with Crippen LogP contribution in [0, 0.1) is 0 Å². The molecule has 12 aromatic carbocycles. The quantitative estimate of drug-likeness (QED) is 0.149. The van der Waals surface area contributed by atoms with Crippen LogP contribution in [-0.2, 0) is 10.8 Å². The van der Waals surface area contributed by atoms with E-state index in [2.05, 4.69) is 282 Å². The molecule has 0 heterocycles. The highest BCUT2D eigenvalue weighted by Crippen LogP contribution is 2.53. The van der Waals surface area contributed by atoms with Crippen molar-refractivity contribution in [3.63, 3.8) is 0 Å². The lowest BCUT2D eigenvalue weighted by atomic mass is 9.79. The van der Waals surface area contributed by atoms with Gasteiger partial charge in [0.25, 0.3) is 0 Å². The van der Waals surface area contributed by atoms with Crippen LogP contribution < -0.4 is 0 Å². The van der Waals surface area contributed by atoms with Crippen molar-refractivity contribution in [3.05, 3.63) is 277 Å². The fourth-order valence-corrected chi connectivity index (χ4v) is 12.6. The molecule has 2 aliphatic carbocycles. The fraction of sp³-hybridized carbons (Fsp3) is 0.0811. The summed E-state index contributed by atoms with van der Waals surface area (Å²) in [7, 11) is 0. The molecular formula is C74H54. The van der Waals surface area contributed by atoms with Gasteiger partial charge in [0.2, 0.25) is 0 Å². The van der Waals surface area contributed by atoms with Gasteiger partial charge in [-0.1, -0.05) is 246 Å². The second kappa shape index (κ2) is 16.9. The van der Waals surface area contributed by atoms with E-state index in [-0.39, 0.29) is 10.8 Å². The Morgan fingerprint density at radius 3 is 0.824 bits per heavy atom. The minimum atomic E-state index is -0.152. The molecule has 0 aliphatic heterocycles. The van der Waals surface area contributed by atoms with E-state index in [1.54, 1.807) is 0 Å². The minimum absolute atomic E-state index is 0.151. The number of rotatable bonds is 7. The smallest absolute Gasteiger partial charge is 0.0159 e. The Bertz CT molecular complexity index is 4210. The molecule has 0 unspecified atom stereocenters. The van der Waals surface area contributed by atoms with E-state index in [4.69, 9.17) is 0 Å². The van der Waals surface area contributed by atoms with Gasteiger partial charge in [0.1, 0.15) is 0 Å². The van der Waals surface area contributed by atoms with E-state index in [1.165, 1.54) is 144 Å². The van der Waals surface area contributed by atoms with Gasteiger partial charge in [-0.2, -0.15) is 0 Å². The summed E-state index contributed by atoms with van der Waals surface area (Å²) in [5, 5.41) is 5.09. The van der Waals surface area contributed by atoms with Crippen molar-refractivity contribution >= 4 is 21.5 Å². The zero-order valence-corrected chi connectivity index (χ0v) is 42.2. The van der Waals surface area contributed by atoms with E-state index < -0.39 is 0 Å². The van der Waals surface area contributed by atoms with Crippen LogP contribution in [0.25, 0.3) is 122 Å². The summed E-state index contributed by atoms with van der Waals surface area (Å²) in [4.78, 5) is 0. The average Bonchev–Trinajstić information content (AvgIpc) is 3.87. The van der Waals surface area contributed by atoms with Gasteiger partial charge in [-0.15, -0.1) is 0 Å². The highest BCUT2D eigenvalue weighted by molar-refractivity contribution is 5.99. The Kier molecular flexibility index (Phi) is 10.0. The third kappa shape index (κ3) is 7.12. The molecule has 0 atom stereocenters. The first kappa shape index (κ1) is 43.9. The summed E-state index contributed by atoms with van der Waals surface area (Å²) in [6.45, 7) is 9.60. The molecule has 0 bridgehead atoms. The molecule has 0 saturated heterocycles. The highest BCUT2D eigenvalue weighted by atomic mass is 14.4. The Labute approximate surface area is 434 Å². The van der Waals surface area contributed by atoms with Crippen LogP contribution >= 0.6 is 0 Å².